The van der Waals surface area contributed by atoms with E-state index in [1.807, 2.05) is 0 Å². The van der Waals surface area contributed by atoms with Crippen molar-refractivity contribution < 1.29 is 12.4 Å². The Labute approximate surface area is 181 Å². The highest BCUT2D eigenvalue weighted by molar-refractivity contribution is 5.43. The van der Waals surface area contributed by atoms with Gasteiger partial charge in [-0.1, -0.05) is 83.5 Å². The van der Waals surface area contributed by atoms with E-state index in [1.54, 1.807) is 0 Å². The minimum absolute atomic E-state index is 0. The van der Waals surface area contributed by atoms with Crippen molar-refractivity contribution in [2.45, 2.75) is 65.7 Å². The Morgan fingerprint density at radius 1 is 0.714 bits per heavy atom. The molecule has 28 heavy (non-hydrogen) atoms. The van der Waals surface area contributed by atoms with E-state index >= 15 is 0 Å². The van der Waals surface area contributed by atoms with E-state index in [1.165, 1.54) is 36.1 Å². The van der Waals surface area contributed by atoms with Crippen LogP contribution in [-0.4, -0.2) is 21.1 Å². The largest absolute Gasteiger partial charge is 1.00 e. The Morgan fingerprint density at radius 3 is 1.61 bits per heavy atom. The number of benzene rings is 2. The van der Waals surface area contributed by atoms with Gasteiger partial charge < -0.3 is 12.4 Å². The van der Waals surface area contributed by atoms with Gasteiger partial charge in [-0.15, -0.1) is 0 Å². The van der Waals surface area contributed by atoms with E-state index < -0.39 is 0 Å². The number of quaternary nitrogens is 1. The third-order valence-corrected chi connectivity index (χ3v) is 5.46. The summed E-state index contributed by atoms with van der Waals surface area (Å²) in [5.41, 5.74) is 4.28. The summed E-state index contributed by atoms with van der Waals surface area (Å²) in [4.78, 5) is 0. The van der Waals surface area contributed by atoms with Crippen molar-refractivity contribution in [3.63, 3.8) is 0 Å². The maximum Gasteiger partial charge on any atom is 0.132 e. The zero-order chi connectivity index (χ0) is 20.4. The summed E-state index contributed by atoms with van der Waals surface area (Å²) in [6, 6.07) is 20.1. The van der Waals surface area contributed by atoms with Gasteiger partial charge in [-0.3, -0.25) is 4.48 Å². The standard InChI is InChI=1S/C21H30N.C5H12.ClH/c1-6-18(16-17(2)19-10-8-7-9-11-19)20-12-14-21(15-13-20)22(3,4)5;1-4-5(2)3;/h7-15,17-18H,6,16H2,1-5H3;5H,4H2,1-3H3;1H/q+1;;/p-1. The van der Waals surface area contributed by atoms with E-state index in [-0.39, 0.29) is 12.4 Å². The maximum atomic E-state index is 2.35. The summed E-state index contributed by atoms with van der Waals surface area (Å²) in [5, 5.41) is 0. The summed E-state index contributed by atoms with van der Waals surface area (Å²) in [7, 11) is 6.64. The van der Waals surface area contributed by atoms with Crippen molar-refractivity contribution >= 4 is 5.69 Å². The van der Waals surface area contributed by atoms with Gasteiger partial charge in [0.25, 0.3) is 0 Å². The molecule has 2 rings (SSSR count). The molecule has 0 N–H and O–H groups in total. The van der Waals surface area contributed by atoms with Gasteiger partial charge in [0.1, 0.15) is 5.69 Å². The zero-order valence-corrected chi connectivity index (χ0v) is 20.1. The van der Waals surface area contributed by atoms with Gasteiger partial charge in [0.2, 0.25) is 0 Å². The van der Waals surface area contributed by atoms with Crippen LogP contribution in [0.1, 0.15) is 76.8 Å². The van der Waals surface area contributed by atoms with Crippen molar-refractivity contribution in [1.29, 1.82) is 0 Å². The van der Waals surface area contributed by atoms with Gasteiger partial charge in [-0.05, 0) is 53.9 Å². The Kier molecular flexibility index (Phi) is 12.4. The van der Waals surface area contributed by atoms with Crippen molar-refractivity contribution in [2.75, 3.05) is 21.1 Å². The average Bonchev–Trinajstić information content (AvgIpc) is 2.66. The maximum absolute atomic E-state index is 2.35. The highest BCUT2D eigenvalue weighted by Crippen LogP contribution is 2.33. The summed E-state index contributed by atoms with van der Waals surface area (Å²) < 4.78 is 0.873. The van der Waals surface area contributed by atoms with E-state index in [0.717, 1.165) is 10.4 Å². The van der Waals surface area contributed by atoms with Crippen LogP contribution in [0.5, 0.6) is 0 Å². The van der Waals surface area contributed by atoms with Gasteiger partial charge in [0, 0.05) is 0 Å². The number of hydrogen-bond acceptors (Lipinski definition) is 0. The summed E-state index contributed by atoms with van der Waals surface area (Å²) in [6.07, 6.45) is 3.71. The lowest BCUT2D eigenvalue weighted by Crippen LogP contribution is -3.00. The predicted molar refractivity (Wildman–Crippen MR) is 124 cm³/mol. The van der Waals surface area contributed by atoms with Crippen LogP contribution in [0.15, 0.2) is 54.6 Å². The van der Waals surface area contributed by atoms with Crippen molar-refractivity contribution in [1.82, 2.24) is 4.48 Å². The topological polar surface area (TPSA) is 0 Å². The zero-order valence-electron chi connectivity index (χ0n) is 19.4. The van der Waals surface area contributed by atoms with Gasteiger partial charge in [0.15, 0.2) is 0 Å². The van der Waals surface area contributed by atoms with Crippen molar-refractivity contribution in [3.05, 3.63) is 65.7 Å². The van der Waals surface area contributed by atoms with Gasteiger partial charge in [0.05, 0.1) is 21.1 Å². The molecule has 0 saturated carbocycles. The molecular weight excluding hydrogens is 362 g/mol. The Bertz CT molecular complexity index is 626. The molecule has 1 nitrogen and oxygen atoms in total. The third kappa shape index (κ3) is 9.26. The second-order valence-corrected chi connectivity index (χ2v) is 9.06. The molecule has 0 saturated heterocycles. The summed E-state index contributed by atoms with van der Waals surface area (Å²) in [5.74, 6) is 2.12. The second kappa shape index (κ2) is 13.0. The molecule has 2 aromatic carbocycles. The quantitative estimate of drug-likeness (QED) is 0.591. The van der Waals surface area contributed by atoms with Gasteiger partial charge in [-0.25, -0.2) is 0 Å². The fourth-order valence-electron chi connectivity index (χ4n) is 3.08. The second-order valence-electron chi connectivity index (χ2n) is 9.06. The molecule has 2 aromatic rings. The molecule has 0 fully saturated rings. The van der Waals surface area contributed by atoms with E-state index in [4.69, 9.17) is 0 Å². The number of nitrogens with zero attached hydrogens (tertiary/aromatic N) is 1. The molecule has 0 aromatic heterocycles. The van der Waals surface area contributed by atoms with Crippen LogP contribution in [-0.2, 0) is 0 Å². The van der Waals surface area contributed by atoms with Crippen LogP contribution in [0, 0.1) is 5.92 Å². The molecule has 2 atom stereocenters. The molecule has 0 bridgehead atoms. The smallest absolute Gasteiger partial charge is 0.132 e. The molecule has 0 aliphatic heterocycles. The highest BCUT2D eigenvalue weighted by atomic mass is 35.5. The van der Waals surface area contributed by atoms with E-state index in [2.05, 4.69) is 110 Å². The van der Waals surface area contributed by atoms with Crippen molar-refractivity contribution in [2.24, 2.45) is 5.92 Å². The highest BCUT2D eigenvalue weighted by Gasteiger charge is 2.17. The minimum Gasteiger partial charge on any atom is -1.00 e. The Morgan fingerprint density at radius 2 is 1.21 bits per heavy atom. The molecule has 2 unspecified atom stereocenters. The van der Waals surface area contributed by atoms with E-state index in [0.29, 0.717) is 11.8 Å². The molecule has 0 aliphatic carbocycles. The van der Waals surface area contributed by atoms with Crippen LogP contribution in [0.25, 0.3) is 0 Å². The van der Waals surface area contributed by atoms with Crippen LogP contribution < -0.4 is 16.9 Å². The number of halogens is 1. The molecule has 0 aliphatic rings. The molecular formula is C26H42ClN. The third-order valence-electron chi connectivity index (χ3n) is 5.46. The first kappa shape index (κ1) is 26.7. The van der Waals surface area contributed by atoms with Crippen LogP contribution in [0.3, 0.4) is 0 Å². The van der Waals surface area contributed by atoms with Crippen LogP contribution in [0.4, 0.5) is 5.69 Å². The van der Waals surface area contributed by atoms with Gasteiger partial charge >= 0.3 is 0 Å². The fourth-order valence-corrected chi connectivity index (χ4v) is 3.08. The van der Waals surface area contributed by atoms with Crippen molar-refractivity contribution in [3.8, 4) is 0 Å². The first-order valence-electron chi connectivity index (χ1n) is 10.7. The fraction of sp³-hybridized carbons (Fsp3) is 0.538. The number of rotatable bonds is 7. The Balaban J connectivity index is 0.00000108. The molecule has 0 radical (unpaired) electrons. The molecule has 0 amide bonds. The van der Waals surface area contributed by atoms with E-state index in [9.17, 15) is 0 Å². The lowest BCUT2D eigenvalue weighted by molar-refractivity contribution is -0.00000627. The molecule has 0 spiro atoms. The SMILES string of the molecule is CCC(C)C.CCC(CC(C)c1ccccc1)c1ccc([N+](C)(C)C)cc1.[Cl-]. The minimum atomic E-state index is 0. The molecule has 0 heterocycles. The first-order chi connectivity index (χ1) is 12.7. The van der Waals surface area contributed by atoms with Gasteiger partial charge in [-0.2, -0.15) is 0 Å². The molecule has 158 valence electrons. The van der Waals surface area contributed by atoms with Crippen LogP contribution in [0.2, 0.25) is 0 Å². The normalized spacial score (nSPS) is 13.2. The lowest BCUT2D eigenvalue weighted by atomic mass is 9.84. The predicted octanol–water partition coefficient (Wildman–Crippen LogP) is 4.63. The lowest BCUT2D eigenvalue weighted by Gasteiger charge is -2.25. The average molecular weight is 404 g/mol. The summed E-state index contributed by atoms with van der Waals surface area (Å²) >= 11 is 0. The first-order valence-corrected chi connectivity index (χ1v) is 10.7. The number of hydrogen-bond donors (Lipinski definition) is 0. The summed E-state index contributed by atoms with van der Waals surface area (Å²) in [6.45, 7) is 11.3. The Hall–Kier alpha value is -1.31. The monoisotopic (exact) mass is 403 g/mol. The van der Waals surface area contributed by atoms with Crippen LogP contribution >= 0.6 is 0 Å². The molecule has 2 heteroatoms.